The number of nitrogens with zero attached hydrogens (tertiary/aromatic N) is 2. The number of carbonyl (C=O) groups is 2. The van der Waals surface area contributed by atoms with Gasteiger partial charge in [0.05, 0.1) is 5.56 Å². The van der Waals surface area contributed by atoms with E-state index in [4.69, 9.17) is 0 Å². The Balaban J connectivity index is 1.82. The molecule has 5 nitrogen and oxygen atoms in total. The summed E-state index contributed by atoms with van der Waals surface area (Å²) in [5.74, 6) is -0.333. The van der Waals surface area contributed by atoms with Gasteiger partial charge in [0.1, 0.15) is 6.04 Å². The second kappa shape index (κ2) is 7.73. The smallest absolute Gasteiger partial charge is 0.253 e. The number of pyridine rings is 1. The van der Waals surface area contributed by atoms with Gasteiger partial charge in [0.2, 0.25) is 5.91 Å². The van der Waals surface area contributed by atoms with Gasteiger partial charge < -0.3 is 10.2 Å². The van der Waals surface area contributed by atoms with Crippen LogP contribution in [0.25, 0.3) is 0 Å². The van der Waals surface area contributed by atoms with E-state index in [9.17, 15) is 9.59 Å². The van der Waals surface area contributed by atoms with Gasteiger partial charge in [-0.05, 0) is 37.0 Å². The highest BCUT2D eigenvalue weighted by Gasteiger charge is 2.28. The molecule has 1 aromatic heterocycles. The first-order chi connectivity index (χ1) is 11.8. The van der Waals surface area contributed by atoms with Crippen molar-refractivity contribution in [3.05, 3.63) is 66.0 Å². The van der Waals surface area contributed by atoms with Gasteiger partial charge in [-0.1, -0.05) is 30.3 Å². The number of piperidine rings is 1. The number of nitrogens with one attached hydrogen (secondary N) is 1. The number of rotatable bonds is 4. The molecule has 0 aliphatic carbocycles. The molecule has 2 heterocycles. The number of amides is 2. The van der Waals surface area contributed by atoms with Crippen LogP contribution in [0.1, 0.15) is 41.2 Å². The van der Waals surface area contributed by atoms with E-state index >= 15 is 0 Å². The molecule has 1 atom stereocenters. The second-order valence-corrected chi connectivity index (χ2v) is 5.94. The second-order valence-electron chi connectivity index (χ2n) is 5.94. The number of carbonyl (C=O) groups excluding carboxylic acids is 2. The van der Waals surface area contributed by atoms with Gasteiger partial charge in [-0.2, -0.15) is 0 Å². The summed E-state index contributed by atoms with van der Waals surface area (Å²) in [5.41, 5.74) is 1.25. The third-order valence-electron chi connectivity index (χ3n) is 4.25. The molecule has 24 heavy (non-hydrogen) atoms. The van der Waals surface area contributed by atoms with Crippen molar-refractivity contribution in [3.8, 4) is 0 Å². The first-order valence-corrected chi connectivity index (χ1v) is 8.30. The number of aromatic nitrogens is 1. The molecular formula is C19H21N3O2. The summed E-state index contributed by atoms with van der Waals surface area (Å²) in [5, 5.41) is 2.88. The van der Waals surface area contributed by atoms with E-state index in [0.29, 0.717) is 5.56 Å². The van der Waals surface area contributed by atoms with Gasteiger partial charge in [-0.15, -0.1) is 0 Å². The van der Waals surface area contributed by atoms with Gasteiger partial charge in [0.15, 0.2) is 0 Å². The van der Waals surface area contributed by atoms with Crippen LogP contribution in [0.5, 0.6) is 0 Å². The predicted molar refractivity (Wildman–Crippen MR) is 91.3 cm³/mol. The van der Waals surface area contributed by atoms with Crippen molar-refractivity contribution in [1.82, 2.24) is 15.2 Å². The molecule has 1 N–H and O–H groups in total. The van der Waals surface area contributed by atoms with E-state index in [2.05, 4.69) is 10.3 Å². The molecular weight excluding hydrogens is 302 g/mol. The Kier molecular flexibility index (Phi) is 5.21. The van der Waals surface area contributed by atoms with Crippen molar-refractivity contribution in [1.29, 1.82) is 0 Å². The fraction of sp³-hybridized carbons (Fsp3) is 0.316. The lowest BCUT2D eigenvalue weighted by Crippen LogP contribution is -2.45. The molecule has 3 rings (SSSR count). The maximum absolute atomic E-state index is 13.0. The maximum atomic E-state index is 13.0. The molecule has 5 heteroatoms. The highest BCUT2D eigenvalue weighted by molar-refractivity contribution is 5.97. The summed E-state index contributed by atoms with van der Waals surface area (Å²) >= 11 is 0. The van der Waals surface area contributed by atoms with Crippen molar-refractivity contribution in [3.63, 3.8) is 0 Å². The fourth-order valence-corrected chi connectivity index (χ4v) is 2.94. The van der Waals surface area contributed by atoms with Crippen LogP contribution < -0.4 is 5.32 Å². The highest BCUT2D eigenvalue weighted by atomic mass is 16.2. The Bertz CT molecular complexity index is 682. The molecule has 1 saturated heterocycles. The Labute approximate surface area is 141 Å². The largest absolute Gasteiger partial charge is 0.341 e. The number of hydrogen-bond acceptors (Lipinski definition) is 3. The van der Waals surface area contributed by atoms with Crippen LogP contribution in [0.2, 0.25) is 0 Å². The number of hydrogen-bond donors (Lipinski definition) is 1. The summed E-state index contributed by atoms with van der Waals surface area (Å²) < 4.78 is 0. The topological polar surface area (TPSA) is 62.3 Å². The lowest BCUT2D eigenvalue weighted by molar-refractivity contribution is -0.134. The quantitative estimate of drug-likeness (QED) is 0.940. The molecule has 0 spiro atoms. The van der Waals surface area contributed by atoms with E-state index in [1.165, 1.54) is 6.20 Å². The summed E-state index contributed by atoms with van der Waals surface area (Å²) in [6.07, 6.45) is 6.31. The highest BCUT2D eigenvalue weighted by Crippen LogP contribution is 2.19. The Morgan fingerprint density at radius 3 is 2.42 bits per heavy atom. The van der Waals surface area contributed by atoms with Crippen molar-refractivity contribution >= 4 is 11.8 Å². The molecule has 0 bridgehead atoms. The third kappa shape index (κ3) is 3.79. The Morgan fingerprint density at radius 1 is 1.00 bits per heavy atom. The third-order valence-corrected chi connectivity index (χ3v) is 4.25. The van der Waals surface area contributed by atoms with Crippen LogP contribution in [-0.4, -0.2) is 34.8 Å². The van der Waals surface area contributed by atoms with Crippen LogP contribution in [0.15, 0.2) is 54.9 Å². The monoisotopic (exact) mass is 323 g/mol. The molecule has 124 valence electrons. The number of benzene rings is 1. The standard InChI is InChI=1S/C19H21N3O2/c23-18(16-10-7-11-20-14-16)21-17(15-8-3-1-4-9-15)19(24)22-12-5-2-6-13-22/h1,3-4,7-11,14,17H,2,5-6,12-13H2,(H,21,23)/t17-/m0/s1. The van der Waals surface area contributed by atoms with Crippen molar-refractivity contribution in [2.24, 2.45) is 0 Å². The zero-order valence-corrected chi connectivity index (χ0v) is 13.5. The molecule has 0 unspecified atom stereocenters. The Morgan fingerprint density at radius 2 is 1.75 bits per heavy atom. The minimum Gasteiger partial charge on any atom is -0.341 e. The van der Waals surface area contributed by atoms with Crippen molar-refractivity contribution in [2.75, 3.05) is 13.1 Å². The lowest BCUT2D eigenvalue weighted by atomic mass is 10.0. The SMILES string of the molecule is O=C(N[C@H](C(=O)N1CCCCC1)c1ccccc1)c1cccnc1. The van der Waals surface area contributed by atoms with Crippen LogP contribution in [0, 0.1) is 0 Å². The molecule has 1 fully saturated rings. The van der Waals surface area contributed by atoms with E-state index in [-0.39, 0.29) is 11.8 Å². The summed E-state index contributed by atoms with van der Waals surface area (Å²) in [7, 11) is 0. The van der Waals surface area contributed by atoms with E-state index in [1.807, 2.05) is 35.2 Å². The maximum Gasteiger partial charge on any atom is 0.253 e. The van der Waals surface area contributed by atoms with Crippen LogP contribution in [0.3, 0.4) is 0 Å². The van der Waals surface area contributed by atoms with Gasteiger partial charge in [-0.3, -0.25) is 14.6 Å². The lowest BCUT2D eigenvalue weighted by Gasteiger charge is -2.31. The molecule has 2 aromatic rings. The fourth-order valence-electron chi connectivity index (χ4n) is 2.94. The summed E-state index contributed by atoms with van der Waals surface area (Å²) in [6, 6.07) is 12.1. The summed E-state index contributed by atoms with van der Waals surface area (Å²) in [6.45, 7) is 1.51. The minimum absolute atomic E-state index is 0.0434. The molecule has 0 saturated carbocycles. The Hall–Kier alpha value is -2.69. The van der Waals surface area contributed by atoms with Gasteiger partial charge in [-0.25, -0.2) is 0 Å². The molecule has 0 radical (unpaired) electrons. The predicted octanol–water partition coefficient (Wildman–Crippen LogP) is 2.57. The molecule has 1 aliphatic rings. The van der Waals surface area contributed by atoms with Gasteiger partial charge in [0, 0.05) is 25.5 Å². The minimum atomic E-state index is -0.669. The van der Waals surface area contributed by atoms with E-state index in [1.54, 1.807) is 18.3 Å². The normalized spacial score (nSPS) is 15.6. The average molecular weight is 323 g/mol. The van der Waals surface area contributed by atoms with E-state index < -0.39 is 6.04 Å². The zero-order chi connectivity index (χ0) is 16.8. The summed E-state index contributed by atoms with van der Waals surface area (Å²) in [4.78, 5) is 31.3. The zero-order valence-electron chi connectivity index (χ0n) is 13.5. The first-order valence-electron chi connectivity index (χ1n) is 8.30. The van der Waals surface area contributed by atoms with Crippen molar-refractivity contribution in [2.45, 2.75) is 25.3 Å². The van der Waals surface area contributed by atoms with Crippen molar-refractivity contribution < 1.29 is 9.59 Å². The molecule has 1 aromatic carbocycles. The molecule has 1 aliphatic heterocycles. The van der Waals surface area contributed by atoms with E-state index in [0.717, 1.165) is 37.9 Å². The number of likely N-dealkylation sites (tertiary alicyclic amines) is 1. The van der Waals surface area contributed by atoms with Crippen LogP contribution in [0.4, 0.5) is 0 Å². The molecule has 2 amide bonds. The van der Waals surface area contributed by atoms with Crippen LogP contribution in [-0.2, 0) is 4.79 Å². The van der Waals surface area contributed by atoms with Crippen LogP contribution >= 0.6 is 0 Å². The first kappa shape index (κ1) is 16.2. The van der Waals surface area contributed by atoms with Gasteiger partial charge in [0.25, 0.3) is 5.91 Å². The average Bonchev–Trinajstić information content (AvgIpc) is 2.67. The van der Waals surface area contributed by atoms with Gasteiger partial charge >= 0.3 is 0 Å².